The van der Waals surface area contributed by atoms with E-state index in [0.717, 1.165) is 45.0 Å². The molecular weight excluding hydrogens is 595 g/mol. The van der Waals surface area contributed by atoms with Crippen molar-refractivity contribution in [2.45, 2.75) is 6.92 Å². The Morgan fingerprint density at radius 2 is 0.837 bits per heavy atom. The fraction of sp³-hybridized carbons (Fsp3) is 0.0217. The first-order chi connectivity index (χ1) is 24.2. The summed E-state index contributed by atoms with van der Waals surface area (Å²) in [5.41, 5.74) is 13.0. The summed E-state index contributed by atoms with van der Waals surface area (Å²) in [5.74, 6) is 0. The maximum Gasteiger partial charge on any atom is 0.0712 e. The highest BCUT2D eigenvalue weighted by molar-refractivity contribution is 6.10. The van der Waals surface area contributed by atoms with Crippen LogP contribution in [0.4, 0.5) is 0 Å². The lowest BCUT2D eigenvalue weighted by atomic mass is 9.99. The van der Waals surface area contributed by atoms with Crippen LogP contribution in [0.15, 0.2) is 176 Å². The highest BCUT2D eigenvalue weighted by Gasteiger charge is 2.15. The number of nitrogens with zero attached hydrogens (tertiary/aromatic N) is 3. The number of para-hydroxylation sites is 4. The summed E-state index contributed by atoms with van der Waals surface area (Å²) in [6.07, 6.45) is 2.14. The first-order valence-electron chi connectivity index (χ1n) is 16.7. The molecule has 3 nitrogen and oxygen atoms in total. The summed E-state index contributed by atoms with van der Waals surface area (Å²) in [5, 5.41) is 5.04. The minimum atomic E-state index is 0.864. The third-order valence-corrected chi connectivity index (χ3v) is 9.69. The van der Waals surface area contributed by atoms with E-state index >= 15 is 0 Å². The summed E-state index contributed by atoms with van der Waals surface area (Å²) in [7, 11) is 0. The smallest absolute Gasteiger partial charge is 0.0712 e. The Hall–Kier alpha value is -6.45. The molecule has 6 aromatic carbocycles. The van der Waals surface area contributed by atoms with E-state index in [9.17, 15) is 0 Å². The molecule has 0 N–H and O–H groups in total. The average Bonchev–Trinajstić information content (AvgIpc) is 3.69. The van der Waals surface area contributed by atoms with Gasteiger partial charge in [-0.05, 0) is 78.7 Å². The molecule has 0 aliphatic heterocycles. The van der Waals surface area contributed by atoms with Gasteiger partial charge in [-0.2, -0.15) is 0 Å². The summed E-state index contributed by atoms with van der Waals surface area (Å²) >= 11 is 0. The van der Waals surface area contributed by atoms with Gasteiger partial charge >= 0.3 is 0 Å². The summed E-state index contributed by atoms with van der Waals surface area (Å²) < 4.78 is 4.68. The number of allylic oxidation sites excluding steroid dienone is 1. The van der Waals surface area contributed by atoms with Gasteiger partial charge in [-0.15, -0.1) is 0 Å². The zero-order valence-electron chi connectivity index (χ0n) is 27.2. The highest BCUT2D eigenvalue weighted by Crippen LogP contribution is 2.34. The van der Waals surface area contributed by atoms with E-state index < -0.39 is 0 Å². The summed E-state index contributed by atoms with van der Waals surface area (Å²) in [4.78, 5) is 5.13. The van der Waals surface area contributed by atoms with Crippen LogP contribution in [0.1, 0.15) is 29.4 Å². The zero-order valence-corrected chi connectivity index (χ0v) is 27.2. The molecule has 9 aromatic rings. The molecule has 0 bridgehead atoms. The van der Waals surface area contributed by atoms with Gasteiger partial charge in [0.05, 0.1) is 33.5 Å². The second kappa shape index (κ2) is 11.7. The number of aromatic nitrogens is 3. The minimum absolute atomic E-state index is 0.864. The van der Waals surface area contributed by atoms with Crippen LogP contribution in [-0.4, -0.2) is 14.1 Å². The van der Waals surface area contributed by atoms with Crippen LogP contribution >= 0.6 is 0 Å². The average molecular weight is 628 g/mol. The van der Waals surface area contributed by atoms with Gasteiger partial charge in [0.1, 0.15) is 0 Å². The van der Waals surface area contributed by atoms with Crippen molar-refractivity contribution in [3.05, 3.63) is 199 Å². The molecule has 49 heavy (non-hydrogen) atoms. The monoisotopic (exact) mass is 627 g/mol. The van der Waals surface area contributed by atoms with E-state index in [2.05, 4.69) is 186 Å². The largest absolute Gasteiger partial charge is 0.309 e. The predicted molar refractivity (Wildman–Crippen MR) is 207 cm³/mol. The van der Waals surface area contributed by atoms with Crippen molar-refractivity contribution in [3.8, 4) is 11.4 Å². The van der Waals surface area contributed by atoms with Gasteiger partial charge < -0.3 is 9.13 Å². The maximum absolute atomic E-state index is 5.13. The number of hydrogen-bond acceptors (Lipinski definition) is 1. The molecule has 0 fully saturated rings. The lowest BCUT2D eigenvalue weighted by molar-refractivity contribution is 1.17. The van der Waals surface area contributed by atoms with Crippen molar-refractivity contribution in [2.75, 3.05) is 0 Å². The van der Waals surface area contributed by atoms with Crippen molar-refractivity contribution in [2.24, 2.45) is 0 Å². The molecular formula is C46H33N3. The molecule has 0 saturated heterocycles. The standard InChI is InChI=1S/C46H33N3/c1-3-36(33-25-29-35(30-26-33)49-45-21-10-6-15-39(45)40-16-7-11-22-46(40)49)42-18-12-17-41(47-42)31(2)32-23-27-34(28-24-32)48-43-19-8-4-13-37(43)38-14-5-9-20-44(38)48/h3-30H,2H2,1H3/b36-3+. The highest BCUT2D eigenvalue weighted by atomic mass is 15.0. The molecule has 3 heterocycles. The molecule has 232 valence electrons. The van der Waals surface area contributed by atoms with E-state index in [1.54, 1.807) is 0 Å². The van der Waals surface area contributed by atoms with Gasteiger partial charge in [-0.3, -0.25) is 0 Å². The minimum Gasteiger partial charge on any atom is -0.309 e. The van der Waals surface area contributed by atoms with E-state index in [1.165, 1.54) is 43.6 Å². The molecule has 0 saturated carbocycles. The zero-order chi connectivity index (χ0) is 32.9. The molecule has 3 aromatic heterocycles. The SMILES string of the molecule is C=C(c1ccc(-n2c3ccccc3c3ccccc32)cc1)c1cccc(/C(=C/C)c2ccc(-n3c4ccccc4c4ccccc43)cc2)n1. The van der Waals surface area contributed by atoms with Crippen molar-refractivity contribution in [1.29, 1.82) is 0 Å². The topological polar surface area (TPSA) is 22.8 Å². The van der Waals surface area contributed by atoms with Gasteiger partial charge in [0.25, 0.3) is 0 Å². The Morgan fingerprint density at radius 1 is 0.449 bits per heavy atom. The van der Waals surface area contributed by atoms with Crippen molar-refractivity contribution < 1.29 is 0 Å². The Kier molecular flexibility index (Phi) is 6.84. The molecule has 3 heteroatoms. The van der Waals surface area contributed by atoms with Crippen molar-refractivity contribution in [3.63, 3.8) is 0 Å². The van der Waals surface area contributed by atoms with E-state index in [0.29, 0.717) is 0 Å². The Bertz CT molecular complexity index is 2610. The van der Waals surface area contributed by atoms with Crippen LogP contribution in [0.3, 0.4) is 0 Å². The normalized spacial score (nSPS) is 12.0. The first kappa shape index (κ1) is 28.7. The molecule has 0 aliphatic rings. The molecule has 0 atom stereocenters. The molecule has 9 rings (SSSR count). The van der Waals surface area contributed by atoms with E-state index in [1.807, 2.05) is 6.07 Å². The van der Waals surface area contributed by atoms with Gasteiger partial charge in [0, 0.05) is 44.1 Å². The Balaban J connectivity index is 1.02. The third-order valence-electron chi connectivity index (χ3n) is 9.69. The Labute approximate surface area is 285 Å². The fourth-order valence-electron chi connectivity index (χ4n) is 7.37. The van der Waals surface area contributed by atoms with Crippen LogP contribution < -0.4 is 0 Å². The molecule has 0 radical (unpaired) electrons. The lowest BCUT2D eigenvalue weighted by Gasteiger charge is -2.13. The van der Waals surface area contributed by atoms with Gasteiger partial charge in [0.15, 0.2) is 0 Å². The molecule has 0 aliphatic carbocycles. The number of pyridine rings is 1. The van der Waals surface area contributed by atoms with E-state index in [-0.39, 0.29) is 0 Å². The lowest BCUT2D eigenvalue weighted by Crippen LogP contribution is -1.98. The fourth-order valence-corrected chi connectivity index (χ4v) is 7.37. The van der Waals surface area contributed by atoms with Gasteiger partial charge in [-0.25, -0.2) is 4.98 Å². The van der Waals surface area contributed by atoms with Crippen LogP contribution in [-0.2, 0) is 0 Å². The quantitative estimate of drug-likeness (QED) is 0.180. The molecule has 0 amide bonds. The van der Waals surface area contributed by atoms with Crippen molar-refractivity contribution in [1.82, 2.24) is 14.1 Å². The third kappa shape index (κ3) is 4.70. The van der Waals surface area contributed by atoms with Crippen LogP contribution in [0.25, 0.3) is 66.1 Å². The van der Waals surface area contributed by atoms with Gasteiger partial charge in [-0.1, -0.05) is 116 Å². The number of hydrogen-bond donors (Lipinski definition) is 0. The predicted octanol–water partition coefficient (Wildman–Crippen LogP) is 11.8. The maximum atomic E-state index is 5.13. The summed E-state index contributed by atoms with van der Waals surface area (Å²) in [6.45, 7) is 6.56. The second-order valence-electron chi connectivity index (χ2n) is 12.4. The van der Waals surface area contributed by atoms with Crippen LogP contribution in [0.2, 0.25) is 0 Å². The molecule has 0 spiro atoms. The van der Waals surface area contributed by atoms with Gasteiger partial charge in [0.2, 0.25) is 0 Å². The first-order valence-corrected chi connectivity index (χ1v) is 16.7. The number of fused-ring (bicyclic) bond motifs is 6. The number of rotatable bonds is 6. The number of benzene rings is 6. The van der Waals surface area contributed by atoms with Crippen LogP contribution in [0.5, 0.6) is 0 Å². The summed E-state index contributed by atoms with van der Waals surface area (Å²) in [6, 6.07) is 58.1. The second-order valence-corrected chi connectivity index (χ2v) is 12.4. The van der Waals surface area contributed by atoms with E-state index in [4.69, 9.17) is 4.98 Å². The molecule has 0 unspecified atom stereocenters. The van der Waals surface area contributed by atoms with Crippen molar-refractivity contribution >= 4 is 54.8 Å². The Morgan fingerprint density at radius 3 is 1.27 bits per heavy atom. The van der Waals surface area contributed by atoms with Crippen LogP contribution in [0, 0.1) is 0 Å².